The number of piperidine rings is 1. The first-order valence-corrected chi connectivity index (χ1v) is 6.59. The number of nitrogens with zero attached hydrogens (tertiary/aromatic N) is 2. The van der Waals surface area contributed by atoms with Gasteiger partial charge in [-0.1, -0.05) is 12.1 Å². The molecule has 0 bridgehead atoms. The summed E-state index contributed by atoms with van der Waals surface area (Å²) in [7, 11) is 1.42. The predicted octanol–water partition coefficient (Wildman–Crippen LogP) is 2.48. The molecule has 0 amide bonds. The van der Waals surface area contributed by atoms with Crippen LogP contribution in [-0.4, -0.2) is 25.7 Å². The molecule has 2 rings (SSSR count). The third-order valence-electron chi connectivity index (χ3n) is 3.59. The lowest BCUT2D eigenvalue weighted by molar-refractivity contribution is -0.141. The molecular weight excluding hydrogens is 240 g/mol. The van der Waals surface area contributed by atoms with Crippen LogP contribution < -0.4 is 4.90 Å². The minimum atomic E-state index is -0.189. The number of anilines is 1. The van der Waals surface area contributed by atoms with Crippen molar-refractivity contribution < 1.29 is 9.53 Å². The lowest BCUT2D eigenvalue weighted by atomic mass is 9.97. The van der Waals surface area contributed by atoms with E-state index in [1.54, 1.807) is 0 Å². The van der Waals surface area contributed by atoms with Gasteiger partial charge in [-0.25, -0.2) is 0 Å². The number of benzene rings is 1. The molecule has 19 heavy (non-hydrogen) atoms. The number of methoxy groups -OCH3 is 1. The van der Waals surface area contributed by atoms with E-state index in [-0.39, 0.29) is 12.0 Å². The number of nitriles is 1. The largest absolute Gasteiger partial charge is 0.469 e. The molecule has 0 N–H and O–H groups in total. The number of esters is 1. The first-order valence-electron chi connectivity index (χ1n) is 6.59. The molecule has 0 radical (unpaired) electrons. The van der Waals surface area contributed by atoms with Gasteiger partial charge in [-0.3, -0.25) is 4.79 Å². The topological polar surface area (TPSA) is 53.3 Å². The molecule has 0 aliphatic carbocycles. The van der Waals surface area contributed by atoms with Crippen molar-refractivity contribution in [2.75, 3.05) is 18.6 Å². The van der Waals surface area contributed by atoms with Gasteiger partial charge in [0.05, 0.1) is 24.8 Å². The van der Waals surface area contributed by atoms with Gasteiger partial charge in [-0.05, 0) is 31.4 Å². The van der Waals surface area contributed by atoms with E-state index in [0.717, 1.165) is 31.5 Å². The first-order chi connectivity index (χ1) is 9.26. The fraction of sp³-hybridized carbons (Fsp3) is 0.467. The van der Waals surface area contributed by atoms with Crippen LogP contribution in [0, 0.1) is 11.3 Å². The number of hydrogen-bond acceptors (Lipinski definition) is 4. The summed E-state index contributed by atoms with van der Waals surface area (Å²) >= 11 is 0. The van der Waals surface area contributed by atoms with Crippen molar-refractivity contribution in [3.8, 4) is 6.07 Å². The molecule has 1 unspecified atom stereocenters. The quantitative estimate of drug-likeness (QED) is 0.782. The third kappa shape index (κ3) is 3.05. The SMILES string of the molecule is COC(=O)CC1CCCCN1c1ccccc1C#N. The molecule has 1 heterocycles. The summed E-state index contributed by atoms with van der Waals surface area (Å²) < 4.78 is 4.76. The van der Waals surface area contributed by atoms with E-state index in [0.29, 0.717) is 12.0 Å². The van der Waals surface area contributed by atoms with Crippen LogP contribution in [0.3, 0.4) is 0 Å². The zero-order valence-electron chi connectivity index (χ0n) is 11.1. The molecule has 1 aliphatic heterocycles. The normalized spacial score (nSPS) is 18.7. The van der Waals surface area contributed by atoms with E-state index in [1.807, 2.05) is 24.3 Å². The summed E-state index contributed by atoms with van der Waals surface area (Å²) in [5, 5.41) is 9.20. The first kappa shape index (κ1) is 13.4. The van der Waals surface area contributed by atoms with Crippen LogP contribution in [0.25, 0.3) is 0 Å². The summed E-state index contributed by atoms with van der Waals surface area (Å²) in [6, 6.07) is 9.92. The van der Waals surface area contributed by atoms with Crippen LogP contribution in [-0.2, 0) is 9.53 Å². The molecule has 1 fully saturated rings. The second-order valence-electron chi connectivity index (χ2n) is 4.75. The van der Waals surface area contributed by atoms with E-state index < -0.39 is 0 Å². The Kier molecular flexibility index (Phi) is 4.40. The average molecular weight is 258 g/mol. The smallest absolute Gasteiger partial charge is 0.307 e. The van der Waals surface area contributed by atoms with Gasteiger partial charge in [0.2, 0.25) is 0 Å². The fourth-order valence-electron chi connectivity index (χ4n) is 2.62. The highest BCUT2D eigenvalue weighted by atomic mass is 16.5. The van der Waals surface area contributed by atoms with Gasteiger partial charge in [0.25, 0.3) is 0 Å². The fourth-order valence-corrected chi connectivity index (χ4v) is 2.62. The highest BCUT2D eigenvalue weighted by Gasteiger charge is 2.26. The second kappa shape index (κ2) is 6.24. The Bertz CT molecular complexity index is 493. The predicted molar refractivity (Wildman–Crippen MR) is 72.8 cm³/mol. The van der Waals surface area contributed by atoms with Crippen molar-refractivity contribution in [1.82, 2.24) is 0 Å². The summed E-state index contributed by atoms with van der Waals surface area (Å²) in [6.45, 7) is 0.889. The summed E-state index contributed by atoms with van der Waals surface area (Å²) in [4.78, 5) is 13.7. The van der Waals surface area contributed by atoms with Gasteiger partial charge in [-0.2, -0.15) is 5.26 Å². The van der Waals surface area contributed by atoms with Gasteiger partial charge >= 0.3 is 5.97 Å². The van der Waals surface area contributed by atoms with Crippen molar-refractivity contribution in [1.29, 1.82) is 5.26 Å². The maximum absolute atomic E-state index is 11.5. The lowest BCUT2D eigenvalue weighted by Gasteiger charge is -2.37. The standard InChI is InChI=1S/C15H18N2O2/c1-19-15(18)10-13-7-4-5-9-17(13)14-8-3-2-6-12(14)11-16/h2-3,6,8,13H,4-5,7,9-10H2,1H3. The highest BCUT2D eigenvalue weighted by molar-refractivity contribution is 5.71. The Morgan fingerprint density at radius 2 is 2.26 bits per heavy atom. The van der Waals surface area contributed by atoms with Gasteiger partial charge < -0.3 is 9.64 Å². The minimum Gasteiger partial charge on any atom is -0.469 e. The molecule has 4 nitrogen and oxygen atoms in total. The third-order valence-corrected chi connectivity index (χ3v) is 3.59. The van der Waals surface area contributed by atoms with Crippen molar-refractivity contribution in [2.24, 2.45) is 0 Å². The molecule has 0 aromatic heterocycles. The van der Waals surface area contributed by atoms with Crippen molar-refractivity contribution in [3.05, 3.63) is 29.8 Å². The van der Waals surface area contributed by atoms with Crippen LogP contribution in [0.15, 0.2) is 24.3 Å². The number of rotatable bonds is 3. The molecule has 0 spiro atoms. The van der Waals surface area contributed by atoms with Crippen LogP contribution >= 0.6 is 0 Å². The highest BCUT2D eigenvalue weighted by Crippen LogP contribution is 2.29. The molecule has 1 saturated heterocycles. The average Bonchev–Trinajstić information content (AvgIpc) is 2.47. The Labute approximate surface area is 113 Å². The van der Waals surface area contributed by atoms with Crippen LogP contribution in [0.2, 0.25) is 0 Å². The van der Waals surface area contributed by atoms with Crippen molar-refractivity contribution >= 4 is 11.7 Å². The zero-order chi connectivity index (χ0) is 13.7. The maximum atomic E-state index is 11.5. The summed E-state index contributed by atoms with van der Waals surface area (Å²) in [5.41, 5.74) is 1.60. The number of ether oxygens (including phenoxy) is 1. The Hall–Kier alpha value is -2.02. The monoisotopic (exact) mass is 258 g/mol. The lowest BCUT2D eigenvalue weighted by Crippen LogP contribution is -2.41. The molecule has 1 aliphatic rings. The van der Waals surface area contributed by atoms with Gasteiger partial charge in [0, 0.05) is 12.6 Å². The molecular formula is C15H18N2O2. The van der Waals surface area contributed by atoms with Crippen molar-refractivity contribution in [2.45, 2.75) is 31.7 Å². The maximum Gasteiger partial charge on any atom is 0.307 e. The van der Waals surface area contributed by atoms with E-state index >= 15 is 0 Å². The molecule has 4 heteroatoms. The van der Waals surface area contributed by atoms with Crippen molar-refractivity contribution in [3.63, 3.8) is 0 Å². The summed E-state index contributed by atoms with van der Waals surface area (Å²) in [6.07, 6.45) is 3.56. The van der Waals surface area contributed by atoms with Gasteiger partial charge in [-0.15, -0.1) is 0 Å². The number of carbonyl (C=O) groups is 1. The van der Waals surface area contributed by atoms with Gasteiger partial charge in [0.15, 0.2) is 0 Å². The second-order valence-corrected chi connectivity index (χ2v) is 4.75. The van der Waals surface area contributed by atoms with E-state index in [4.69, 9.17) is 4.74 Å². The molecule has 1 aromatic carbocycles. The van der Waals surface area contributed by atoms with Crippen LogP contribution in [0.5, 0.6) is 0 Å². The molecule has 1 aromatic rings. The van der Waals surface area contributed by atoms with Crippen LogP contribution in [0.4, 0.5) is 5.69 Å². The van der Waals surface area contributed by atoms with E-state index in [2.05, 4.69) is 11.0 Å². The van der Waals surface area contributed by atoms with E-state index in [1.165, 1.54) is 7.11 Å². The number of para-hydroxylation sites is 1. The minimum absolute atomic E-state index is 0.135. The summed E-state index contributed by atoms with van der Waals surface area (Å²) in [5.74, 6) is -0.189. The molecule has 1 atom stereocenters. The Morgan fingerprint density at radius 1 is 1.47 bits per heavy atom. The van der Waals surface area contributed by atoms with Gasteiger partial charge in [0.1, 0.15) is 6.07 Å². The number of carbonyl (C=O) groups excluding carboxylic acids is 1. The van der Waals surface area contributed by atoms with Crippen LogP contribution in [0.1, 0.15) is 31.2 Å². The Morgan fingerprint density at radius 3 is 3.00 bits per heavy atom. The zero-order valence-corrected chi connectivity index (χ0v) is 11.1. The number of hydrogen-bond donors (Lipinski definition) is 0. The molecule has 0 saturated carbocycles. The van der Waals surface area contributed by atoms with E-state index in [9.17, 15) is 10.1 Å². The Balaban J connectivity index is 2.24. The molecule has 100 valence electrons.